The van der Waals surface area contributed by atoms with Crippen molar-refractivity contribution >= 4 is 30.9 Å². The number of halogens is 2. The van der Waals surface area contributed by atoms with Gasteiger partial charge in [-0.15, -0.1) is 24.8 Å². The van der Waals surface area contributed by atoms with Gasteiger partial charge in [-0.1, -0.05) is 6.92 Å². The van der Waals surface area contributed by atoms with Crippen molar-refractivity contribution in [2.75, 3.05) is 14.1 Å². The molecule has 0 aliphatic rings. The van der Waals surface area contributed by atoms with Gasteiger partial charge in [0.05, 0.1) is 5.69 Å². The summed E-state index contributed by atoms with van der Waals surface area (Å²) in [5, 5.41) is 2.76. The predicted molar refractivity (Wildman–Crippen MR) is 85.0 cm³/mol. The lowest BCUT2D eigenvalue weighted by Gasteiger charge is -2.15. The zero-order valence-electron chi connectivity index (χ0n) is 12.3. The minimum Gasteiger partial charge on any atom is -0.408 e. The molecule has 0 aliphatic heterocycles. The van der Waals surface area contributed by atoms with Gasteiger partial charge < -0.3 is 15.0 Å². The van der Waals surface area contributed by atoms with Gasteiger partial charge in [0.15, 0.2) is 5.75 Å². The third-order valence-electron chi connectivity index (χ3n) is 2.49. The highest BCUT2D eigenvalue weighted by Crippen LogP contribution is 2.16. The molecule has 20 heavy (non-hydrogen) atoms. The van der Waals surface area contributed by atoms with Crippen LogP contribution < -0.4 is 10.1 Å². The molecule has 1 N–H and O–H groups in total. The van der Waals surface area contributed by atoms with Crippen LogP contribution in [0, 0.1) is 0 Å². The van der Waals surface area contributed by atoms with Crippen molar-refractivity contribution < 1.29 is 9.53 Å². The Morgan fingerprint density at radius 1 is 1.45 bits per heavy atom. The molecule has 1 aromatic rings. The fourth-order valence-electron chi connectivity index (χ4n) is 1.37. The van der Waals surface area contributed by atoms with E-state index in [1.54, 1.807) is 18.3 Å². The molecule has 0 saturated carbocycles. The van der Waals surface area contributed by atoms with Gasteiger partial charge in [0.2, 0.25) is 0 Å². The summed E-state index contributed by atoms with van der Waals surface area (Å²) in [6, 6.07) is 3.61. The molecule has 1 unspecified atom stereocenters. The molecule has 1 aromatic heterocycles. The maximum atomic E-state index is 11.6. The number of aromatic nitrogens is 1. The minimum absolute atomic E-state index is 0. The number of rotatable bonds is 5. The third-order valence-corrected chi connectivity index (χ3v) is 2.49. The molecule has 0 saturated heterocycles. The number of carbonyl (C=O) groups is 1. The van der Waals surface area contributed by atoms with Crippen LogP contribution in [0.15, 0.2) is 18.3 Å². The Morgan fingerprint density at radius 2 is 2.10 bits per heavy atom. The summed E-state index contributed by atoms with van der Waals surface area (Å²) >= 11 is 0. The summed E-state index contributed by atoms with van der Waals surface area (Å²) in [4.78, 5) is 17.8. The lowest BCUT2D eigenvalue weighted by molar-refractivity contribution is 0.195. The van der Waals surface area contributed by atoms with E-state index in [-0.39, 0.29) is 30.9 Å². The average Bonchev–Trinajstić information content (AvgIpc) is 2.30. The van der Waals surface area contributed by atoms with Gasteiger partial charge in [-0.2, -0.15) is 0 Å². The second kappa shape index (κ2) is 10.7. The van der Waals surface area contributed by atoms with Gasteiger partial charge in [0.1, 0.15) is 0 Å². The number of nitrogens with zero attached hydrogens (tertiary/aromatic N) is 2. The van der Waals surface area contributed by atoms with E-state index >= 15 is 0 Å². The topological polar surface area (TPSA) is 54.5 Å². The van der Waals surface area contributed by atoms with Crippen LogP contribution in [0.2, 0.25) is 0 Å². The highest BCUT2D eigenvalue weighted by atomic mass is 35.5. The first kappa shape index (κ1) is 21.3. The normalized spacial score (nSPS) is 11.1. The number of ether oxygens (including phenoxy) is 1. The van der Waals surface area contributed by atoms with E-state index in [1.807, 2.05) is 32.8 Å². The standard InChI is InChI=1S/C13H21N3O2.2ClH/c1-5-10(2)15-13(17)18-12-7-6-8-14-11(12)9-16(3)4;;/h6-8,10H,5,9H2,1-4H3,(H,15,17);2*1H. The molecule has 7 heteroatoms. The molecule has 0 spiro atoms. The minimum atomic E-state index is -0.433. The predicted octanol–water partition coefficient (Wildman–Crippen LogP) is 2.87. The molecule has 0 radical (unpaired) electrons. The zero-order valence-corrected chi connectivity index (χ0v) is 13.9. The van der Waals surface area contributed by atoms with Gasteiger partial charge in [0, 0.05) is 18.8 Å². The number of carbonyl (C=O) groups excluding carboxylic acids is 1. The highest BCUT2D eigenvalue weighted by Gasteiger charge is 2.12. The molecular formula is C13H23Cl2N3O2. The number of hydrogen-bond acceptors (Lipinski definition) is 4. The fraction of sp³-hybridized carbons (Fsp3) is 0.538. The highest BCUT2D eigenvalue weighted by molar-refractivity contribution is 5.85. The third kappa shape index (κ3) is 7.53. The summed E-state index contributed by atoms with van der Waals surface area (Å²) in [5.74, 6) is 0.506. The maximum absolute atomic E-state index is 11.6. The zero-order chi connectivity index (χ0) is 13.5. The Balaban J connectivity index is 0. The Labute approximate surface area is 132 Å². The average molecular weight is 324 g/mol. The Kier molecular flexibility index (Phi) is 11.4. The molecule has 0 bridgehead atoms. The number of nitrogens with one attached hydrogen (secondary N) is 1. The molecule has 1 rings (SSSR count). The Bertz CT molecular complexity index is 403. The molecule has 1 amide bonds. The SMILES string of the molecule is CCC(C)NC(=O)Oc1cccnc1CN(C)C.Cl.Cl. The Hall–Kier alpha value is -1.04. The summed E-state index contributed by atoms with van der Waals surface area (Å²) in [6.45, 7) is 4.57. The van der Waals surface area contributed by atoms with Gasteiger partial charge in [0.25, 0.3) is 0 Å². The van der Waals surface area contributed by atoms with Crippen LogP contribution >= 0.6 is 24.8 Å². The van der Waals surface area contributed by atoms with Crippen LogP contribution in [0.5, 0.6) is 5.75 Å². The van der Waals surface area contributed by atoms with Crippen LogP contribution in [0.4, 0.5) is 4.79 Å². The lowest BCUT2D eigenvalue weighted by atomic mass is 10.3. The van der Waals surface area contributed by atoms with E-state index in [0.717, 1.165) is 12.1 Å². The van der Waals surface area contributed by atoms with Crippen molar-refractivity contribution in [1.82, 2.24) is 15.2 Å². The summed E-state index contributed by atoms with van der Waals surface area (Å²) in [5.41, 5.74) is 0.752. The molecule has 1 heterocycles. The number of hydrogen-bond donors (Lipinski definition) is 1. The van der Waals surface area contributed by atoms with E-state index in [1.165, 1.54) is 0 Å². The van der Waals surface area contributed by atoms with Gasteiger partial charge in [-0.3, -0.25) is 4.98 Å². The molecule has 5 nitrogen and oxygen atoms in total. The quantitative estimate of drug-likeness (QED) is 0.905. The second-order valence-corrected chi connectivity index (χ2v) is 4.53. The molecule has 0 aromatic carbocycles. The first-order valence-electron chi connectivity index (χ1n) is 6.10. The molecule has 1 atom stereocenters. The van der Waals surface area contributed by atoms with Gasteiger partial charge >= 0.3 is 6.09 Å². The summed E-state index contributed by atoms with van der Waals surface area (Å²) in [7, 11) is 3.88. The largest absolute Gasteiger partial charge is 0.412 e. The van der Waals surface area contributed by atoms with Crippen molar-refractivity contribution in [2.45, 2.75) is 32.9 Å². The lowest BCUT2D eigenvalue weighted by Crippen LogP contribution is -2.34. The second-order valence-electron chi connectivity index (χ2n) is 4.53. The van der Waals surface area contributed by atoms with Crippen molar-refractivity contribution in [1.29, 1.82) is 0 Å². The molecule has 0 aliphatic carbocycles. The van der Waals surface area contributed by atoms with Gasteiger partial charge in [-0.25, -0.2) is 4.79 Å². The maximum Gasteiger partial charge on any atom is 0.412 e. The van der Waals surface area contributed by atoms with E-state index < -0.39 is 6.09 Å². The Morgan fingerprint density at radius 3 is 2.65 bits per heavy atom. The van der Waals surface area contributed by atoms with E-state index in [0.29, 0.717) is 12.3 Å². The van der Waals surface area contributed by atoms with Crippen molar-refractivity contribution in [2.24, 2.45) is 0 Å². The first-order valence-corrected chi connectivity index (χ1v) is 6.10. The van der Waals surface area contributed by atoms with E-state index in [9.17, 15) is 4.79 Å². The van der Waals surface area contributed by atoms with Crippen LogP contribution in [0.25, 0.3) is 0 Å². The number of pyridine rings is 1. The van der Waals surface area contributed by atoms with Crippen molar-refractivity contribution in [3.05, 3.63) is 24.0 Å². The first-order chi connectivity index (χ1) is 8.52. The molecule has 0 fully saturated rings. The van der Waals surface area contributed by atoms with Crippen LogP contribution in [-0.4, -0.2) is 36.1 Å². The van der Waals surface area contributed by atoms with Crippen molar-refractivity contribution in [3.8, 4) is 5.75 Å². The van der Waals surface area contributed by atoms with Crippen LogP contribution in [0.1, 0.15) is 26.0 Å². The monoisotopic (exact) mass is 323 g/mol. The fourth-order valence-corrected chi connectivity index (χ4v) is 1.37. The summed E-state index contributed by atoms with van der Waals surface area (Å²) in [6.07, 6.45) is 2.13. The molecular weight excluding hydrogens is 301 g/mol. The number of amides is 1. The van der Waals surface area contributed by atoms with E-state index in [2.05, 4.69) is 10.3 Å². The van der Waals surface area contributed by atoms with Crippen molar-refractivity contribution in [3.63, 3.8) is 0 Å². The van der Waals surface area contributed by atoms with Gasteiger partial charge in [-0.05, 0) is 39.6 Å². The molecule has 116 valence electrons. The van der Waals surface area contributed by atoms with E-state index in [4.69, 9.17) is 4.74 Å². The van der Waals surface area contributed by atoms with Crippen LogP contribution in [0.3, 0.4) is 0 Å². The van der Waals surface area contributed by atoms with Crippen LogP contribution in [-0.2, 0) is 6.54 Å². The summed E-state index contributed by atoms with van der Waals surface area (Å²) < 4.78 is 5.28. The smallest absolute Gasteiger partial charge is 0.408 e.